The van der Waals surface area contributed by atoms with Gasteiger partial charge in [-0.3, -0.25) is 5.10 Å². The van der Waals surface area contributed by atoms with Gasteiger partial charge in [0.1, 0.15) is 0 Å². The predicted octanol–water partition coefficient (Wildman–Crippen LogP) is 2.03. The fraction of sp³-hybridized carbons (Fsp3) is 0.0909. The van der Waals surface area contributed by atoms with Gasteiger partial charge in [0.25, 0.3) is 0 Å². The molecule has 3 aromatic heterocycles. The molecule has 4 nitrogen and oxygen atoms in total. The average Bonchev–Trinajstić information content (AvgIpc) is 2.84. The number of hydrogen-bond acceptors (Lipinski definition) is 2. The Morgan fingerprint density at radius 2 is 2.27 bits per heavy atom. The fourth-order valence-corrected chi connectivity index (χ4v) is 1.64. The Bertz CT molecular complexity index is 592. The van der Waals surface area contributed by atoms with Crippen LogP contribution in [0.4, 0.5) is 0 Å². The van der Waals surface area contributed by atoms with Crippen molar-refractivity contribution in [2.45, 2.75) is 6.92 Å². The summed E-state index contributed by atoms with van der Waals surface area (Å²) < 4.78 is 1.87. The molecule has 3 heterocycles. The SMILES string of the molecule is Cc1ccn2nc(-c3cn[nH]c3)cc2c1. The minimum atomic E-state index is 0.939. The molecule has 0 aliphatic heterocycles. The first-order valence-electron chi connectivity index (χ1n) is 4.78. The zero-order chi connectivity index (χ0) is 10.3. The summed E-state index contributed by atoms with van der Waals surface area (Å²) in [4.78, 5) is 0. The van der Waals surface area contributed by atoms with Crippen molar-refractivity contribution in [3.63, 3.8) is 0 Å². The molecule has 0 unspecified atom stereocenters. The normalized spacial score (nSPS) is 11.0. The van der Waals surface area contributed by atoms with Crippen LogP contribution in [0.25, 0.3) is 16.8 Å². The second-order valence-electron chi connectivity index (χ2n) is 3.59. The zero-order valence-corrected chi connectivity index (χ0v) is 8.31. The van der Waals surface area contributed by atoms with Crippen LogP contribution in [0.1, 0.15) is 5.56 Å². The molecular weight excluding hydrogens is 188 g/mol. The van der Waals surface area contributed by atoms with Crippen molar-refractivity contribution in [2.24, 2.45) is 0 Å². The van der Waals surface area contributed by atoms with Gasteiger partial charge in [-0.15, -0.1) is 0 Å². The minimum absolute atomic E-state index is 0.939. The molecule has 0 saturated carbocycles. The van der Waals surface area contributed by atoms with Gasteiger partial charge < -0.3 is 0 Å². The van der Waals surface area contributed by atoms with Crippen LogP contribution in [0.3, 0.4) is 0 Å². The molecule has 0 bridgehead atoms. The Morgan fingerprint density at radius 1 is 1.33 bits per heavy atom. The quantitative estimate of drug-likeness (QED) is 0.650. The number of aryl methyl sites for hydroxylation is 1. The molecule has 15 heavy (non-hydrogen) atoms. The standard InChI is InChI=1S/C11H10N4/c1-8-2-3-15-10(4-8)5-11(14-15)9-6-12-13-7-9/h2-7H,1H3,(H,12,13). The molecule has 74 valence electrons. The summed E-state index contributed by atoms with van der Waals surface area (Å²) in [6.07, 6.45) is 5.58. The second-order valence-corrected chi connectivity index (χ2v) is 3.59. The van der Waals surface area contributed by atoms with Gasteiger partial charge >= 0.3 is 0 Å². The summed E-state index contributed by atoms with van der Waals surface area (Å²) in [6.45, 7) is 2.07. The van der Waals surface area contributed by atoms with E-state index in [0.717, 1.165) is 16.8 Å². The van der Waals surface area contributed by atoms with Gasteiger partial charge in [-0.2, -0.15) is 10.2 Å². The lowest BCUT2D eigenvalue weighted by atomic mass is 10.2. The molecule has 4 heteroatoms. The molecule has 3 rings (SSSR count). The first-order chi connectivity index (χ1) is 7.33. The highest BCUT2D eigenvalue weighted by Gasteiger charge is 2.04. The highest BCUT2D eigenvalue weighted by Crippen LogP contribution is 2.18. The molecule has 1 N–H and O–H groups in total. The Balaban J connectivity index is 2.22. The van der Waals surface area contributed by atoms with Crippen LogP contribution < -0.4 is 0 Å². The number of rotatable bonds is 1. The maximum absolute atomic E-state index is 4.45. The maximum Gasteiger partial charge on any atom is 0.0965 e. The lowest BCUT2D eigenvalue weighted by Gasteiger charge is -1.92. The average molecular weight is 198 g/mol. The van der Waals surface area contributed by atoms with Gasteiger partial charge in [0, 0.05) is 18.0 Å². The number of nitrogens with one attached hydrogen (secondary N) is 1. The van der Waals surface area contributed by atoms with E-state index in [0.29, 0.717) is 0 Å². The van der Waals surface area contributed by atoms with Crippen molar-refractivity contribution in [2.75, 3.05) is 0 Å². The van der Waals surface area contributed by atoms with Gasteiger partial charge in [0.15, 0.2) is 0 Å². The molecule has 0 aromatic carbocycles. The van der Waals surface area contributed by atoms with Crippen LogP contribution in [0, 0.1) is 6.92 Å². The van der Waals surface area contributed by atoms with E-state index in [-0.39, 0.29) is 0 Å². The van der Waals surface area contributed by atoms with Crippen LogP contribution in [0.15, 0.2) is 36.8 Å². The van der Waals surface area contributed by atoms with E-state index in [1.165, 1.54) is 5.56 Å². The van der Waals surface area contributed by atoms with Crippen molar-refractivity contribution in [1.82, 2.24) is 19.8 Å². The van der Waals surface area contributed by atoms with E-state index in [4.69, 9.17) is 0 Å². The summed E-state index contributed by atoms with van der Waals surface area (Å²) in [5.41, 5.74) is 4.29. The van der Waals surface area contributed by atoms with Gasteiger partial charge in [0.05, 0.1) is 17.4 Å². The van der Waals surface area contributed by atoms with Gasteiger partial charge in [-0.25, -0.2) is 4.52 Å². The molecule has 0 amide bonds. The van der Waals surface area contributed by atoms with Crippen molar-refractivity contribution in [1.29, 1.82) is 0 Å². The topological polar surface area (TPSA) is 46.0 Å². The zero-order valence-electron chi connectivity index (χ0n) is 8.31. The highest BCUT2D eigenvalue weighted by molar-refractivity contribution is 5.65. The summed E-state index contributed by atoms with van der Waals surface area (Å²) >= 11 is 0. The van der Waals surface area contributed by atoms with E-state index in [2.05, 4.69) is 34.4 Å². The molecule has 0 aliphatic rings. The molecule has 0 atom stereocenters. The van der Waals surface area contributed by atoms with Crippen molar-refractivity contribution in [3.8, 4) is 11.3 Å². The number of aromatic nitrogens is 4. The Kier molecular flexibility index (Phi) is 1.62. The second kappa shape index (κ2) is 2.95. The number of nitrogens with zero attached hydrogens (tertiary/aromatic N) is 3. The largest absolute Gasteiger partial charge is 0.285 e. The van der Waals surface area contributed by atoms with E-state index in [1.807, 2.05) is 23.0 Å². The lowest BCUT2D eigenvalue weighted by molar-refractivity contribution is 0.962. The summed E-state index contributed by atoms with van der Waals surface area (Å²) in [5.74, 6) is 0. The molecule has 3 aromatic rings. The number of hydrogen-bond donors (Lipinski definition) is 1. The first kappa shape index (κ1) is 8.23. The smallest absolute Gasteiger partial charge is 0.0965 e. The maximum atomic E-state index is 4.45. The van der Waals surface area contributed by atoms with Crippen LogP contribution in [0.2, 0.25) is 0 Å². The van der Waals surface area contributed by atoms with Crippen molar-refractivity contribution >= 4 is 5.52 Å². The molecule has 0 aliphatic carbocycles. The van der Waals surface area contributed by atoms with Crippen LogP contribution >= 0.6 is 0 Å². The number of H-pyrrole nitrogens is 1. The van der Waals surface area contributed by atoms with E-state index in [9.17, 15) is 0 Å². The summed E-state index contributed by atoms with van der Waals surface area (Å²) in [7, 11) is 0. The summed E-state index contributed by atoms with van der Waals surface area (Å²) in [5, 5.41) is 11.1. The van der Waals surface area contributed by atoms with E-state index >= 15 is 0 Å². The predicted molar refractivity (Wildman–Crippen MR) is 57.5 cm³/mol. The minimum Gasteiger partial charge on any atom is -0.285 e. The molecule has 0 radical (unpaired) electrons. The molecule has 0 fully saturated rings. The van der Waals surface area contributed by atoms with E-state index < -0.39 is 0 Å². The Morgan fingerprint density at radius 3 is 3.07 bits per heavy atom. The lowest BCUT2D eigenvalue weighted by Crippen LogP contribution is -1.86. The third-order valence-corrected chi connectivity index (χ3v) is 2.41. The van der Waals surface area contributed by atoms with Gasteiger partial charge in [-0.1, -0.05) is 0 Å². The Labute approximate surface area is 86.6 Å². The molecule has 0 saturated heterocycles. The third-order valence-electron chi connectivity index (χ3n) is 2.41. The first-order valence-corrected chi connectivity index (χ1v) is 4.78. The van der Waals surface area contributed by atoms with Crippen molar-refractivity contribution < 1.29 is 0 Å². The third kappa shape index (κ3) is 1.30. The number of pyridine rings is 1. The van der Waals surface area contributed by atoms with E-state index in [1.54, 1.807) is 6.20 Å². The van der Waals surface area contributed by atoms with Gasteiger partial charge in [-0.05, 0) is 30.7 Å². The monoisotopic (exact) mass is 198 g/mol. The summed E-state index contributed by atoms with van der Waals surface area (Å²) in [6, 6.07) is 6.20. The van der Waals surface area contributed by atoms with Crippen molar-refractivity contribution in [3.05, 3.63) is 42.4 Å². The number of fused-ring (bicyclic) bond motifs is 1. The van der Waals surface area contributed by atoms with Gasteiger partial charge in [0.2, 0.25) is 0 Å². The van der Waals surface area contributed by atoms with Crippen LogP contribution in [-0.2, 0) is 0 Å². The van der Waals surface area contributed by atoms with Crippen LogP contribution in [0.5, 0.6) is 0 Å². The van der Waals surface area contributed by atoms with Crippen LogP contribution in [-0.4, -0.2) is 19.8 Å². The highest BCUT2D eigenvalue weighted by atomic mass is 15.2. The fourth-order valence-electron chi connectivity index (χ4n) is 1.64. The molecular formula is C11H10N4. The number of aromatic amines is 1. The molecule has 0 spiro atoms. The Hall–Kier alpha value is -2.10.